The minimum absolute atomic E-state index is 0.310. The topological polar surface area (TPSA) is 67.4 Å². The molecule has 3 aromatic carbocycles. The maximum absolute atomic E-state index is 12.6. The molecule has 2 N–H and O–H groups in total. The Kier molecular flexibility index (Phi) is 6.65. The number of hydrogen-bond donors (Lipinski definition) is 2. The highest BCUT2D eigenvalue weighted by atomic mass is 35.5. The molecule has 7 heteroatoms. The third kappa shape index (κ3) is 5.53. The third-order valence-electron chi connectivity index (χ3n) is 4.25. The Morgan fingerprint density at radius 2 is 1.37 bits per heavy atom. The first-order valence-electron chi connectivity index (χ1n) is 9.16. The van der Waals surface area contributed by atoms with Crippen molar-refractivity contribution in [3.8, 4) is 5.75 Å². The van der Waals surface area contributed by atoms with Crippen molar-refractivity contribution in [2.75, 3.05) is 10.6 Å². The lowest BCUT2D eigenvalue weighted by atomic mass is 10.1. The van der Waals surface area contributed by atoms with Gasteiger partial charge in [0.05, 0.1) is 10.6 Å². The molecule has 3 rings (SSSR count). The van der Waals surface area contributed by atoms with Crippen molar-refractivity contribution in [3.63, 3.8) is 0 Å². The lowest BCUT2D eigenvalue weighted by Gasteiger charge is -2.25. The van der Waals surface area contributed by atoms with E-state index in [0.717, 1.165) is 0 Å². The SMILES string of the molecule is CC(C)(Oc1ccc(Cl)cc1)C(=O)Nc1ccc(NC(=O)c2ccccc2Cl)cc1. The monoisotopic (exact) mass is 442 g/mol. The zero-order chi connectivity index (χ0) is 21.7. The van der Waals surface area contributed by atoms with Crippen LogP contribution in [0.4, 0.5) is 11.4 Å². The van der Waals surface area contributed by atoms with Gasteiger partial charge in [-0.2, -0.15) is 0 Å². The number of benzene rings is 3. The van der Waals surface area contributed by atoms with Gasteiger partial charge in [0.15, 0.2) is 5.60 Å². The molecular formula is C23H20Cl2N2O3. The van der Waals surface area contributed by atoms with E-state index < -0.39 is 5.60 Å². The number of halogens is 2. The Balaban J connectivity index is 1.61. The fourth-order valence-corrected chi connectivity index (χ4v) is 2.95. The fraction of sp³-hybridized carbons (Fsp3) is 0.130. The molecule has 0 bridgehead atoms. The molecule has 3 aromatic rings. The molecule has 2 amide bonds. The number of carbonyl (C=O) groups is 2. The first-order valence-corrected chi connectivity index (χ1v) is 9.92. The molecule has 0 aromatic heterocycles. The average Bonchev–Trinajstić information content (AvgIpc) is 2.71. The van der Waals surface area contributed by atoms with E-state index in [9.17, 15) is 9.59 Å². The van der Waals surface area contributed by atoms with E-state index in [2.05, 4.69) is 10.6 Å². The summed E-state index contributed by atoms with van der Waals surface area (Å²) in [5, 5.41) is 6.55. The Bertz CT molecular complexity index is 1050. The van der Waals surface area contributed by atoms with Crippen LogP contribution < -0.4 is 15.4 Å². The maximum Gasteiger partial charge on any atom is 0.267 e. The van der Waals surface area contributed by atoms with Crippen LogP contribution in [0.5, 0.6) is 5.75 Å². The molecule has 0 fully saturated rings. The predicted octanol–water partition coefficient (Wildman–Crippen LogP) is 6.04. The van der Waals surface area contributed by atoms with Gasteiger partial charge in [0.25, 0.3) is 11.8 Å². The van der Waals surface area contributed by atoms with Crippen molar-refractivity contribution >= 4 is 46.4 Å². The van der Waals surface area contributed by atoms with Gasteiger partial charge in [0, 0.05) is 16.4 Å². The summed E-state index contributed by atoms with van der Waals surface area (Å²) in [7, 11) is 0. The predicted molar refractivity (Wildman–Crippen MR) is 121 cm³/mol. The number of carbonyl (C=O) groups excluding carboxylic acids is 2. The van der Waals surface area contributed by atoms with Crippen LogP contribution in [-0.4, -0.2) is 17.4 Å². The van der Waals surface area contributed by atoms with Crippen LogP contribution in [-0.2, 0) is 4.79 Å². The van der Waals surface area contributed by atoms with Gasteiger partial charge in [-0.1, -0.05) is 35.3 Å². The number of rotatable bonds is 6. The Hall–Kier alpha value is -3.02. The van der Waals surface area contributed by atoms with Crippen LogP contribution in [0.25, 0.3) is 0 Å². The van der Waals surface area contributed by atoms with Crippen molar-refractivity contribution in [1.29, 1.82) is 0 Å². The van der Waals surface area contributed by atoms with E-state index in [4.69, 9.17) is 27.9 Å². The van der Waals surface area contributed by atoms with Crippen molar-refractivity contribution in [3.05, 3.63) is 88.4 Å². The molecule has 0 aliphatic rings. The van der Waals surface area contributed by atoms with Crippen LogP contribution in [0.1, 0.15) is 24.2 Å². The molecule has 0 aliphatic heterocycles. The molecule has 0 saturated carbocycles. The van der Waals surface area contributed by atoms with E-state index in [-0.39, 0.29) is 11.8 Å². The summed E-state index contributed by atoms with van der Waals surface area (Å²) in [4.78, 5) is 25.0. The van der Waals surface area contributed by atoms with E-state index in [0.29, 0.717) is 32.7 Å². The summed E-state index contributed by atoms with van der Waals surface area (Å²) in [5.74, 6) is -0.0858. The number of ether oxygens (including phenoxy) is 1. The largest absolute Gasteiger partial charge is 0.478 e. The second kappa shape index (κ2) is 9.20. The zero-order valence-corrected chi connectivity index (χ0v) is 17.9. The first-order chi connectivity index (χ1) is 14.2. The molecule has 0 unspecified atom stereocenters. The molecule has 154 valence electrons. The summed E-state index contributed by atoms with van der Waals surface area (Å²) in [6.45, 7) is 3.35. The normalized spacial score (nSPS) is 10.9. The van der Waals surface area contributed by atoms with Crippen molar-refractivity contribution in [2.45, 2.75) is 19.4 Å². The molecule has 5 nitrogen and oxygen atoms in total. The number of hydrogen-bond acceptors (Lipinski definition) is 3. The van der Waals surface area contributed by atoms with Gasteiger partial charge in [-0.25, -0.2) is 0 Å². The molecule has 0 spiro atoms. The fourth-order valence-electron chi connectivity index (χ4n) is 2.61. The smallest absolute Gasteiger partial charge is 0.267 e. The highest BCUT2D eigenvalue weighted by Gasteiger charge is 2.30. The third-order valence-corrected chi connectivity index (χ3v) is 4.83. The lowest BCUT2D eigenvalue weighted by Crippen LogP contribution is -2.42. The number of amides is 2. The summed E-state index contributed by atoms with van der Waals surface area (Å²) < 4.78 is 5.79. The van der Waals surface area contributed by atoms with Gasteiger partial charge in [-0.15, -0.1) is 0 Å². The molecule has 0 aliphatic carbocycles. The van der Waals surface area contributed by atoms with Crippen LogP contribution in [0.3, 0.4) is 0 Å². The van der Waals surface area contributed by atoms with Gasteiger partial charge in [0.1, 0.15) is 5.75 Å². The average molecular weight is 443 g/mol. The van der Waals surface area contributed by atoms with Crippen LogP contribution in [0, 0.1) is 0 Å². The molecule has 0 radical (unpaired) electrons. The minimum Gasteiger partial charge on any atom is -0.478 e. The Morgan fingerprint density at radius 1 is 0.800 bits per heavy atom. The summed E-state index contributed by atoms with van der Waals surface area (Å²) >= 11 is 11.9. The lowest BCUT2D eigenvalue weighted by molar-refractivity contribution is -0.128. The van der Waals surface area contributed by atoms with Crippen LogP contribution in [0.2, 0.25) is 10.0 Å². The standard InChI is InChI=1S/C23H20Cl2N2O3/c1-23(2,30-18-13-7-15(24)8-14-18)22(29)27-17-11-9-16(10-12-17)26-21(28)19-5-3-4-6-20(19)25/h3-14H,1-2H3,(H,26,28)(H,27,29). The second-order valence-electron chi connectivity index (χ2n) is 7.03. The summed E-state index contributed by atoms with van der Waals surface area (Å²) in [5.41, 5.74) is 0.431. The molecular weight excluding hydrogens is 423 g/mol. The minimum atomic E-state index is -1.11. The Morgan fingerprint density at radius 3 is 1.97 bits per heavy atom. The molecule has 30 heavy (non-hydrogen) atoms. The zero-order valence-electron chi connectivity index (χ0n) is 16.4. The van der Waals surface area contributed by atoms with E-state index >= 15 is 0 Å². The first kappa shape index (κ1) is 21.7. The van der Waals surface area contributed by atoms with Gasteiger partial charge in [0.2, 0.25) is 0 Å². The summed E-state index contributed by atoms with van der Waals surface area (Å²) in [6, 6.07) is 20.4. The highest BCUT2D eigenvalue weighted by Crippen LogP contribution is 2.23. The maximum atomic E-state index is 12.6. The molecule has 0 saturated heterocycles. The quantitative estimate of drug-likeness (QED) is 0.488. The number of anilines is 2. The van der Waals surface area contributed by atoms with Crippen molar-refractivity contribution < 1.29 is 14.3 Å². The van der Waals surface area contributed by atoms with E-state index in [1.165, 1.54) is 0 Å². The van der Waals surface area contributed by atoms with Crippen LogP contribution >= 0.6 is 23.2 Å². The Labute approximate surface area is 185 Å². The van der Waals surface area contributed by atoms with E-state index in [1.807, 2.05) is 0 Å². The summed E-state index contributed by atoms with van der Waals surface area (Å²) in [6.07, 6.45) is 0. The van der Waals surface area contributed by atoms with Gasteiger partial charge in [-0.3, -0.25) is 9.59 Å². The molecule has 0 atom stereocenters. The van der Waals surface area contributed by atoms with Gasteiger partial charge in [-0.05, 0) is 74.5 Å². The van der Waals surface area contributed by atoms with E-state index in [1.54, 1.807) is 86.6 Å². The molecule has 0 heterocycles. The van der Waals surface area contributed by atoms with Crippen LogP contribution in [0.15, 0.2) is 72.8 Å². The second-order valence-corrected chi connectivity index (χ2v) is 7.88. The van der Waals surface area contributed by atoms with Gasteiger partial charge >= 0.3 is 0 Å². The van der Waals surface area contributed by atoms with Crippen molar-refractivity contribution in [1.82, 2.24) is 0 Å². The van der Waals surface area contributed by atoms with Crippen molar-refractivity contribution in [2.24, 2.45) is 0 Å². The highest BCUT2D eigenvalue weighted by molar-refractivity contribution is 6.34. The van der Waals surface area contributed by atoms with Gasteiger partial charge < -0.3 is 15.4 Å². The number of nitrogens with one attached hydrogen (secondary N) is 2.